The van der Waals surface area contributed by atoms with Crippen molar-refractivity contribution in [1.29, 1.82) is 0 Å². The van der Waals surface area contributed by atoms with E-state index in [1.807, 2.05) is 49.4 Å². The Morgan fingerprint density at radius 2 is 1.80 bits per heavy atom. The van der Waals surface area contributed by atoms with Crippen LogP contribution in [0.15, 0.2) is 72.8 Å². The normalized spacial score (nSPS) is 22.1. The number of nitrogens with zero attached hydrogens (tertiary/aromatic N) is 2. The maximum atomic E-state index is 14.0. The van der Waals surface area contributed by atoms with Crippen LogP contribution in [-0.4, -0.2) is 53.0 Å². The number of aromatic nitrogens is 1. The van der Waals surface area contributed by atoms with Gasteiger partial charge in [0.15, 0.2) is 0 Å². The molecule has 2 N–H and O–H groups in total. The Labute approximate surface area is 231 Å². The summed E-state index contributed by atoms with van der Waals surface area (Å²) in [5.41, 5.74) is 6.01. The molecule has 4 amide bonds. The molecule has 202 valence electrons. The van der Waals surface area contributed by atoms with Crippen molar-refractivity contribution in [3.63, 3.8) is 0 Å². The minimum Gasteiger partial charge on any atom is -0.376 e. The van der Waals surface area contributed by atoms with E-state index in [-0.39, 0.29) is 23.9 Å². The first-order chi connectivity index (χ1) is 19.5. The number of aryl methyl sites for hydroxylation is 1. The van der Waals surface area contributed by atoms with Crippen LogP contribution in [0.25, 0.3) is 10.9 Å². The van der Waals surface area contributed by atoms with Crippen LogP contribution in [0.5, 0.6) is 0 Å². The molecule has 4 aromatic rings. The van der Waals surface area contributed by atoms with Gasteiger partial charge in [0.1, 0.15) is 12.1 Å². The second-order valence-electron chi connectivity index (χ2n) is 10.9. The molecule has 3 aliphatic rings. The number of hydrogen-bond acceptors (Lipinski definition) is 4. The first-order valence-electron chi connectivity index (χ1n) is 13.8. The number of imide groups is 1. The number of carbonyl (C=O) groups is 3. The lowest BCUT2D eigenvalue weighted by Crippen LogP contribution is -2.44. The molecule has 0 aliphatic carbocycles. The van der Waals surface area contributed by atoms with E-state index in [0.717, 1.165) is 52.7 Å². The number of aromatic amines is 1. The monoisotopic (exact) mass is 534 g/mol. The van der Waals surface area contributed by atoms with Crippen LogP contribution in [0, 0.1) is 6.92 Å². The number of carbonyl (C=O) groups excluding carboxylic acids is 3. The quantitative estimate of drug-likeness (QED) is 0.357. The summed E-state index contributed by atoms with van der Waals surface area (Å²) < 4.78 is 5.58. The van der Waals surface area contributed by atoms with E-state index in [4.69, 9.17) is 4.74 Å². The van der Waals surface area contributed by atoms with E-state index in [2.05, 4.69) is 16.4 Å². The highest BCUT2D eigenvalue weighted by atomic mass is 16.5. The van der Waals surface area contributed by atoms with Crippen molar-refractivity contribution < 1.29 is 19.1 Å². The fourth-order valence-electron chi connectivity index (χ4n) is 6.28. The van der Waals surface area contributed by atoms with Crippen molar-refractivity contribution in [3.05, 3.63) is 101 Å². The second kappa shape index (κ2) is 9.64. The Hall–Kier alpha value is -4.43. The van der Waals surface area contributed by atoms with E-state index in [0.29, 0.717) is 24.2 Å². The molecule has 3 aromatic carbocycles. The Morgan fingerprint density at radius 1 is 1.02 bits per heavy atom. The number of H-pyrrole nitrogens is 1. The molecule has 1 aromatic heterocycles. The predicted octanol–water partition coefficient (Wildman–Crippen LogP) is 4.87. The molecule has 3 atom stereocenters. The topological polar surface area (TPSA) is 94.7 Å². The van der Waals surface area contributed by atoms with Gasteiger partial charge in [-0.2, -0.15) is 0 Å². The highest BCUT2D eigenvalue weighted by Crippen LogP contribution is 2.44. The number of benzene rings is 3. The number of ether oxygens (including phenoxy) is 1. The highest BCUT2D eigenvalue weighted by Gasteiger charge is 2.53. The maximum absolute atomic E-state index is 14.0. The minimum atomic E-state index is -0.625. The van der Waals surface area contributed by atoms with Crippen LogP contribution in [0.3, 0.4) is 0 Å². The van der Waals surface area contributed by atoms with Crippen molar-refractivity contribution in [2.24, 2.45) is 0 Å². The molecule has 2 saturated heterocycles. The molecule has 0 saturated carbocycles. The lowest BCUT2D eigenvalue weighted by atomic mass is 9.88. The number of amides is 4. The number of para-hydroxylation sites is 1. The molecule has 0 spiro atoms. The third kappa shape index (κ3) is 3.98. The molecular weight excluding hydrogens is 504 g/mol. The Morgan fingerprint density at radius 3 is 2.55 bits per heavy atom. The predicted molar refractivity (Wildman–Crippen MR) is 151 cm³/mol. The van der Waals surface area contributed by atoms with Crippen LogP contribution in [0.2, 0.25) is 0 Å². The van der Waals surface area contributed by atoms with E-state index < -0.39 is 12.1 Å². The van der Waals surface area contributed by atoms with Gasteiger partial charge in [-0.05, 0) is 61.2 Å². The first-order valence-corrected chi connectivity index (χ1v) is 13.8. The molecule has 8 nitrogen and oxygen atoms in total. The molecule has 3 aliphatic heterocycles. The third-order valence-corrected chi connectivity index (χ3v) is 8.34. The van der Waals surface area contributed by atoms with E-state index >= 15 is 0 Å². The zero-order valence-corrected chi connectivity index (χ0v) is 22.2. The summed E-state index contributed by atoms with van der Waals surface area (Å²) in [6, 6.07) is 21.4. The molecular formula is C32H30N4O4. The standard InChI is InChI=1S/C32H30N4O4/c1-19-8-10-20(11-9-19)29-28-25(24-6-2-3-7-26(24)34-28)17-27-31(38)35(32(39)36(27)29)22-14-12-21(13-15-22)30(37)33-18-23-5-4-16-40-23/h2-3,6-15,23,27,29,34H,4-5,16-18H2,1H3,(H,33,37)/t23-,27+,29+/m1/s1. The summed E-state index contributed by atoms with van der Waals surface area (Å²) in [7, 11) is 0. The van der Waals surface area contributed by atoms with Crippen LogP contribution in [-0.2, 0) is 16.0 Å². The summed E-state index contributed by atoms with van der Waals surface area (Å²) in [5.74, 6) is -0.461. The van der Waals surface area contributed by atoms with Crippen molar-refractivity contribution in [1.82, 2.24) is 15.2 Å². The average Bonchev–Trinajstić information content (AvgIpc) is 3.69. The van der Waals surface area contributed by atoms with Gasteiger partial charge in [0, 0.05) is 41.7 Å². The SMILES string of the molecule is Cc1ccc([C@H]2c3[nH]c4ccccc4c3C[C@H]3C(=O)N(c4ccc(C(=O)NC[C@H]5CCCO5)cc4)C(=O)N23)cc1. The summed E-state index contributed by atoms with van der Waals surface area (Å²) in [6.45, 7) is 3.23. The van der Waals surface area contributed by atoms with Gasteiger partial charge in [0.05, 0.1) is 11.8 Å². The largest absolute Gasteiger partial charge is 0.376 e. The molecule has 0 unspecified atom stereocenters. The van der Waals surface area contributed by atoms with Crippen LogP contribution >= 0.6 is 0 Å². The van der Waals surface area contributed by atoms with Crippen LogP contribution in [0.1, 0.15) is 51.6 Å². The number of anilines is 1. The van der Waals surface area contributed by atoms with Gasteiger partial charge >= 0.3 is 6.03 Å². The molecule has 0 radical (unpaired) electrons. The fraction of sp³-hybridized carbons (Fsp3) is 0.281. The maximum Gasteiger partial charge on any atom is 0.332 e. The van der Waals surface area contributed by atoms with E-state index in [1.165, 1.54) is 4.90 Å². The lowest BCUT2D eigenvalue weighted by Gasteiger charge is -2.36. The van der Waals surface area contributed by atoms with Gasteiger partial charge in [-0.15, -0.1) is 0 Å². The summed E-state index contributed by atoms with van der Waals surface area (Å²) >= 11 is 0. The Kier molecular flexibility index (Phi) is 5.93. The van der Waals surface area contributed by atoms with Gasteiger partial charge in [-0.25, -0.2) is 9.69 Å². The number of hydrogen-bond donors (Lipinski definition) is 2. The van der Waals surface area contributed by atoms with Crippen molar-refractivity contribution in [3.8, 4) is 0 Å². The van der Waals surface area contributed by atoms with Gasteiger partial charge in [-0.1, -0.05) is 48.0 Å². The number of urea groups is 1. The average molecular weight is 535 g/mol. The van der Waals surface area contributed by atoms with Gasteiger partial charge in [0.25, 0.3) is 11.8 Å². The zero-order valence-electron chi connectivity index (χ0n) is 22.2. The summed E-state index contributed by atoms with van der Waals surface area (Å²) in [5, 5.41) is 3.99. The van der Waals surface area contributed by atoms with Gasteiger partial charge in [0.2, 0.25) is 0 Å². The molecule has 4 heterocycles. The smallest absolute Gasteiger partial charge is 0.332 e. The van der Waals surface area contributed by atoms with E-state index in [1.54, 1.807) is 29.2 Å². The van der Waals surface area contributed by atoms with Gasteiger partial charge in [-0.3, -0.25) is 14.5 Å². The van der Waals surface area contributed by atoms with Crippen LogP contribution < -0.4 is 10.2 Å². The second-order valence-corrected chi connectivity index (χ2v) is 10.9. The summed E-state index contributed by atoms with van der Waals surface area (Å²) in [4.78, 5) is 47.1. The molecule has 8 heteroatoms. The minimum absolute atomic E-state index is 0.0543. The number of nitrogens with one attached hydrogen (secondary N) is 2. The van der Waals surface area contributed by atoms with Crippen molar-refractivity contribution in [2.45, 2.75) is 44.4 Å². The van der Waals surface area contributed by atoms with Gasteiger partial charge < -0.3 is 15.0 Å². The fourth-order valence-corrected chi connectivity index (χ4v) is 6.28. The van der Waals surface area contributed by atoms with Crippen LogP contribution in [0.4, 0.5) is 10.5 Å². The Balaban J connectivity index is 1.21. The molecule has 7 rings (SSSR count). The summed E-state index contributed by atoms with van der Waals surface area (Å²) in [6.07, 6.45) is 2.45. The third-order valence-electron chi connectivity index (χ3n) is 8.34. The lowest BCUT2D eigenvalue weighted by molar-refractivity contribution is -0.120. The molecule has 2 fully saturated rings. The van der Waals surface area contributed by atoms with E-state index in [9.17, 15) is 14.4 Å². The Bertz CT molecular complexity index is 1620. The van der Waals surface area contributed by atoms with Crippen molar-refractivity contribution >= 4 is 34.4 Å². The highest BCUT2D eigenvalue weighted by molar-refractivity contribution is 6.22. The first kappa shape index (κ1) is 24.6. The number of rotatable bonds is 5. The number of fused-ring (bicyclic) bond motifs is 4. The van der Waals surface area contributed by atoms with Crippen molar-refractivity contribution in [2.75, 3.05) is 18.1 Å². The zero-order chi connectivity index (χ0) is 27.4. The molecule has 0 bridgehead atoms. The molecule has 40 heavy (non-hydrogen) atoms.